The van der Waals surface area contributed by atoms with Crippen LogP contribution in [0.1, 0.15) is 67.4 Å². The second kappa shape index (κ2) is 11.7. The summed E-state index contributed by atoms with van der Waals surface area (Å²) in [6, 6.07) is 4.78. The minimum atomic E-state index is -4.93. The number of benzene rings is 1. The Balaban J connectivity index is 1.70. The third-order valence-corrected chi connectivity index (χ3v) is 9.77. The molecule has 1 saturated heterocycles. The molecule has 0 bridgehead atoms. The highest BCUT2D eigenvalue weighted by Gasteiger charge is 2.44. The molecule has 1 aliphatic carbocycles. The van der Waals surface area contributed by atoms with E-state index in [1.54, 1.807) is 6.07 Å². The summed E-state index contributed by atoms with van der Waals surface area (Å²) in [7, 11) is -4.27. The topological polar surface area (TPSA) is 104 Å². The molecule has 1 atom stereocenters. The molecule has 2 heterocycles. The fourth-order valence-corrected chi connectivity index (χ4v) is 7.38. The minimum Gasteiger partial charge on any atom is -0.477 e. The summed E-state index contributed by atoms with van der Waals surface area (Å²) in [6.07, 6.45) is -0.630. The van der Waals surface area contributed by atoms with Gasteiger partial charge in [0.2, 0.25) is 15.9 Å². The van der Waals surface area contributed by atoms with Crippen molar-refractivity contribution < 1.29 is 41.0 Å². The maximum Gasteiger partial charge on any atom is 0.573 e. The van der Waals surface area contributed by atoms with Crippen LogP contribution in [0.15, 0.2) is 35.2 Å². The van der Waals surface area contributed by atoms with Crippen LogP contribution in [0.3, 0.4) is 0 Å². The molecule has 1 aromatic heterocycles. The number of anilines is 1. The van der Waals surface area contributed by atoms with Crippen molar-refractivity contribution in [2.75, 3.05) is 18.0 Å². The predicted octanol–water partition coefficient (Wildman–Crippen LogP) is 5.73. The number of sulfonamides is 1. The number of rotatable bonds is 6. The Labute approximate surface area is 241 Å². The third kappa shape index (κ3) is 7.42. The molecular formula is C28H31F3N2O6S2. The van der Waals surface area contributed by atoms with E-state index in [4.69, 9.17) is 0 Å². The normalized spacial score (nSPS) is 19.5. The van der Waals surface area contributed by atoms with E-state index >= 15 is 0 Å². The Morgan fingerprint density at radius 1 is 1.10 bits per heavy atom. The number of aromatic carboxylic acids is 1. The summed E-state index contributed by atoms with van der Waals surface area (Å²) in [5.41, 5.74) is -0.127. The highest BCUT2D eigenvalue weighted by atomic mass is 32.2. The maximum absolute atomic E-state index is 13.7. The van der Waals surface area contributed by atoms with Crippen LogP contribution in [0.2, 0.25) is 0 Å². The van der Waals surface area contributed by atoms with E-state index in [2.05, 4.69) is 16.6 Å². The average molecular weight is 613 g/mol. The van der Waals surface area contributed by atoms with Gasteiger partial charge in [-0.2, -0.15) is 4.31 Å². The molecule has 2 aromatic rings. The lowest BCUT2D eigenvalue weighted by Gasteiger charge is -2.44. The first-order valence-corrected chi connectivity index (χ1v) is 15.4. The van der Waals surface area contributed by atoms with Crippen molar-refractivity contribution >= 4 is 38.9 Å². The molecule has 2 fully saturated rings. The van der Waals surface area contributed by atoms with Gasteiger partial charge in [0, 0.05) is 12.0 Å². The van der Waals surface area contributed by atoms with Gasteiger partial charge in [-0.25, -0.2) is 13.2 Å². The van der Waals surface area contributed by atoms with Crippen molar-refractivity contribution in [3.63, 3.8) is 0 Å². The Bertz CT molecular complexity index is 1460. The first-order valence-electron chi connectivity index (χ1n) is 13.1. The number of thiophene rings is 1. The Kier molecular flexibility index (Phi) is 8.78. The van der Waals surface area contributed by atoms with Crippen molar-refractivity contribution in [1.82, 2.24) is 4.31 Å². The van der Waals surface area contributed by atoms with Crippen molar-refractivity contribution in [3.05, 3.63) is 40.1 Å². The summed E-state index contributed by atoms with van der Waals surface area (Å²) in [6.45, 7) is 5.13. The van der Waals surface area contributed by atoms with E-state index in [1.165, 1.54) is 4.90 Å². The van der Waals surface area contributed by atoms with E-state index in [0.29, 0.717) is 4.88 Å². The monoisotopic (exact) mass is 612 g/mol. The lowest BCUT2D eigenvalue weighted by molar-refractivity contribution is -0.274. The summed E-state index contributed by atoms with van der Waals surface area (Å²) in [4.78, 5) is 27.5. The van der Waals surface area contributed by atoms with Crippen LogP contribution in [0, 0.1) is 23.2 Å². The molecule has 41 heavy (non-hydrogen) atoms. The van der Waals surface area contributed by atoms with Crippen LogP contribution in [0.25, 0.3) is 0 Å². The van der Waals surface area contributed by atoms with Gasteiger partial charge < -0.3 is 14.7 Å². The summed E-state index contributed by atoms with van der Waals surface area (Å²) in [5, 5.41) is 9.98. The molecule has 0 unspecified atom stereocenters. The fourth-order valence-electron chi connectivity index (χ4n) is 5.13. The Morgan fingerprint density at radius 3 is 2.29 bits per heavy atom. The average Bonchev–Trinajstić information content (AvgIpc) is 3.31. The highest BCUT2D eigenvalue weighted by Crippen LogP contribution is 2.39. The number of amides is 1. The summed E-state index contributed by atoms with van der Waals surface area (Å²) < 4.78 is 69.6. The molecule has 4 rings (SSSR count). The molecule has 8 nitrogen and oxygen atoms in total. The molecule has 13 heteroatoms. The molecule has 1 amide bonds. The first-order chi connectivity index (χ1) is 19.0. The zero-order valence-electron chi connectivity index (χ0n) is 22.8. The number of carboxylic acids is 1. The lowest BCUT2D eigenvalue weighted by atomic mass is 9.82. The van der Waals surface area contributed by atoms with Crippen molar-refractivity contribution in [2.45, 2.75) is 70.2 Å². The second-order valence-electron chi connectivity index (χ2n) is 11.2. The van der Waals surface area contributed by atoms with Crippen LogP contribution in [-0.2, 0) is 14.8 Å². The lowest BCUT2D eigenvalue weighted by Crippen LogP contribution is -2.60. The zero-order chi connectivity index (χ0) is 30.2. The van der Waals surface area contributed by atoms with Crippen molar-refractivity contribution in [1.29, 1.82) is 0 Å². The molecule has 1 saturated carbocycles. The third-order valence-electron chi connectivity index (χ3n) is 6.92. The number of hydrogen-bond donors (Lipinski definition) is 1. The van der Waals surface area contributed by atoms with E-state index in [1.807, 2.05) is 20.8 Å². The predicted molar refractivity (Wildman–Crippen MR) is 147 cm³/mol. The van der Waals surface area contributed by atoms with Crippen LogP contribution >= 0.6 is 11.3 Å². The van der Waals surface area contributed by atoms with Crippen LogP contribution in [0.5, 0.6) is 5.75 Å². The SMILES string of the molecule is CC(C)(C)C#Cc1cc(N2C(=O)CN(S(=O)(=O)c3ccc(OC(F)(F)F)cc3)C[C@H]2C2CCCCC2)c(C(=O)O)s1. The Hall–Kier alpha value is -3.08. The smallest absolute Gasteiger partial charge is 0.477 e. The van der Waals surface area contributed by atoms with Gasteiger partial charge in [-0.1, -0.05) is 31.1 Å². The number of nitrogens with zero attached hydrogens (tertiary/aromatic N) is 2. The van der Waals surface area contributed by atoms with Gasteiger partial charge >= 0.3 is 12.3 Å². The largest absolute Gasteiger partial charge is 0.573 e. The van der Waals surface area contributed by atoms with Gasteiger partial charge in [0.15, 0.2) is 0 Å². The number of carboxylic acid groups (broad SMARTS) is 1. The molecule has 2 aliphatic rings. The van der Waals surface area contributed by atoms with Gasteiger partial charge in [-0.05, 0) is 69.9 Å². The summed E-state index contributed by atoms with van der Waals surface area (Å²) >= 11 is 0.970. The van der Waals surface area contributed by atoms with E-state index in [9.17, 15) is 36.3 Å². The number of ether oxygens (including phenoxy) is 1. The van der Waals surface area contributed by atoms with E-state index in [0.717, 1.165) is 72.0 Å². The number of piperazine rings is 1. The fraction of sp³-hybridized carbons (Fsp3) is 0.500. The molecule has 0 radical (unpaired) electrons. The van der Waals surface area contributed by atoms with Crippen molar-refractivity contribution in [2.24, 2.45) is 11.3 Å². The number of halogens is 3. The number of carbonyl (C=O) groups excluding carboxylic acids is 1. The molecular weight excluding hydrogens is 581 g/mol. The quantitative estimate of drug-likeness (QED) is 0.418. The second-order valence-corrected chi connectivity index (χ2v) is 14.2. The molecule has 222 valence electrons. The molecule has 0 spiro atoms. The molecule has 1 aliphatic heterocycles. The summed E-state index contributed by atoms with van der Waals surface area (Å²) in [5.74, 6) is 3.65. The first kappa shape index (κ1) is 30.9. The maximum atomic E-state index is 13.7. The van der Waals surface area contributed by atoms with Gasteiger partial charge in [0.1, 0.15) is 10.6 Å². The highest BCUT2D eigenvalue weighted by molar-refractivity contribution is 7.89. The van der Waals surface area contributed by atoms with Crippen LogP contribution in [-0.4, -0.2) is 55.2 Å². The minimum absolute atomic E-state index is 0.0473. The number of carbonyl (C=O) groups is 2. The van der Waals surface area contributed by atoms with Gasteiger partial charge in [-0.3, -0.25) is 4.79 Å². The van der Waals surface area contributed by atoms with Crippen molar-refractivity contribution in [3.8, 4) is 17.6 Å². The van der Waals surface area contributed by atoms with Crippen LogP contribution in [0.4, 0.5) is 18.9 Å². The zero-order valence-corrected chi connectivity index (χ0v) is 24.5. The van der Waals surface area contributed by atoms with Crippen LogP contribution < -0.4 is 9.64 Å². The van der Waals surface area contributed by atoms with Gasteiger partial charge in [0.05, 0.1) is 28.0 Å². The van der Waals surface area contributed by atoms with Gasteiger partial charge in [-0.15, -0.1) is 24.5 Å². The molecule has 1 N–H and O–H groups in total. The Morgan fingerprint density at radius 2 is 1.73 bits per heavy atom. The standard InChI is InChI=1S/C28H31F3N2O6S2/c1-27(2,3)14-13-20-15-22(25(40-20)26(35)36)33-23(18-7-5-4-6-8-18)16-32(17-24(33)34)41(37,38)21-11-9-19(10-12-21)39-28(29,30)31/h9-12,15,18,23H,4-8,16-17H2,1-3H3,(H,35,36)/t23-/m0/s1. The number of hydrogen-bond acceptors (Lipinski definition) is 6. The van der Waals surface area contributed by atoms with Gasteiger partial charge in [0.25, 0.3) is 0 Å². The number of alkyl halides is 3. The van der Waals surface area contributed by atoms with E-state index < -0.39 is 46.6 Å². The van der Waals surface area contributed by atoms with E-state index in [-0.39, 0.29) is 33.3 Å². The molecule has 1 aromatic carbocycles.